The molecule has 0 radical (unpaired) electrons. The number of esters is 1. The molecule has 7 heteroatoms. The fourth-order valence-electron chi connectivity index (χ4n) is 14.0. The van der Waals surface area contributed by atoms with Crippen molar-refractivity contribution in [2.45, 2.75) is 152 Å². The molecule has 9 atom stereocenters. The topological polar surface area (TPSA) is 104 Å². The summed E-state index contributed by atoms with van der Waals surface area (Å²) in [5.41, 5.74) is 3.41. The number of aliphatic carboxylic acids is 1. The molecule has 7 nitrogen and oxygen atoms in total. The first-order valence-corrected chi connectivity index (χ1v) is 20.9. The number of hydrogen-bond acceptors (Lipinski definition) is 6. The number of nitrogens with zero attached hydrogens (tertiary/aromatic N) is 1. The first-order valence-electron chi connectivity index (χ1n) is 20.9. The second kappa shape index (κ2) is 13.0. The van der Waals surface area contributed by atoms with Crippen LogP contribution in [0.4, 0.5) is 0 Å². The van der Waals surface area contributed by atoms with Gasteiger partial charge in [-0.3, -0.25) is 19.3 Å². The number of aliphatic hydroxyl groups excluding tert-OH is 1. The Morgan fingerprint density at radius 1 is 0.925 bits per heavy atom. The van der Waals surface area contributed by atoms with Crippen molar-refractivity contribution in [3.63, 3.8) is 0 Å². The molecule has 4 fully saturated rings. The van der Waals surface area contributed by atoms with Gasteiger partial charge in [0.05, 0.1) is 17.9 Å². The van der Waals surface area contributed by atoms with Gasteiger partial charge in [0.1, 0.15) is 6.10 Å². The van der Waals surface area contributed by atoms with E-state index in [1.54, 1.807) is 13.8 Å². The van der Waals surface area contributed by atoms with Crippen LogP contribution in [0.15, 0.2) is 35.4 Å². The lowest BCUT2D eigenvalue weighted by Gasteiger charge is -2.72. The van der Waals surface area contributed by atoms with Crippen molar-refractivity contribution in [1.82, 2.24) is 4.90 Å². The number of Topliss-reactive ketones (excluding diaryl/α,β-unsaturated/α-hetero) is 1. The van der Waals surface area contributed by atoms with Crippen molar-refractivity contribution in [2.24, 2.45) is 56.2 Å². The molecule has 1 aromatic carbocycles. The van der Waals surface area contributed by atoms with Crippen molar-refractivity contribution in [1.29, 1.82) is 0 Å². The molecule has 2 N–H and O–H groups in total. The zero-order chi connectivity index (χ0) is 38.5. The zero-order valence-corrected chi connectivity index (χ0v) is 34.1. The van der Waals surface area contributed by atoms with Gasteiger partial charge in [-0.2, -0.15) is 0 Å². The molecule has 6 aliphatic rings. The molecule has 3 unspecified atom stereocenters. The summed E-state index contributed by atoms with van der Waals surface area (Å²) in [6.07, 6.45) is 8.49. The third-order valence-electron chi connectivity index (χ3n) is 17.1. The van der Waals surface area contributed by atoms with E-state index in [4.69, 9.17) is 4.74 Å². The molecule has 1 aromatic rings. The van der Waals surface area contributed by atoms with Gasteiger partial charge in [0, 0.05) is 36.9 Å². The van der Waals surface area contributed by atoms with Gasteiger partial charge in [-0.1, -0.05) is 78.3 Å². The van der Waals surface area contributed by atoms with E-state index in [2.05, 4.69) is 77.6 Å². The number of benzene rings is 1. The minimum absolute atomic E-state index is 0.00709. The van der Waals surface area contributed by atoms with E-state index in [0.29, 0.717) is 24.8 Å². The van der Waals surface area contributed by atoms with Gasteiger partial charge in [0.15, 0.2) is 5.78 Å². The summed E-state index contributed by atoms with van der Waals surface area (Å²) in [4.78, 5) is 41.5. The van der Waals surface area contributed by atoms with Gasteiger partial charge in [0.2, 0.25) is 0 Å². The Morgan fingerprint density at radius 3 is 2.30 bits per heavy atom. The third kappa shape index (κ3) is 5.82. The number of aliphatic hydroxyl groups is 1. The Labute approximate surface area is 318 Å². The molecule has 7 rings (SSSR count). The molecular weight excluding hydrogens is 663 g/mol. The van der Waals surface area contributed by atoms with Crippen LogP contribution >= 0.6 is 0 Å². The number of carboxylic acid groups (broad SMARTS) is 1. The Hall–Kier alpha value is -2.51. The maximum atomic E-state index is 14.2. The highest BCUT2D eigenvalue weighted by Crippen LogP contribution is 2.77. The van der Waals surface area contributed by atoms with Gasteiger partial charge in [-0.25, -0.2) is 0 Å². The summed E-state index contributed by atoms with van der Waals surface area (Å²) in [5, 5.41) is 22.1. The molecule has 5 aliphatic carbocycles. The van der Waals surface area contributed by atoms with E-state index in [1.807, 2.05) is 0 Å². The molecule has 0 amide bonds. The number of rotatable bonds is 8. The van der Waals surface area contributed by atoms with Crippen LogP contribution in [0.1, 0.15) is 138 Å². The summed E-state index contributed by atoms with van der Waals surface area (Å²) in [6.45, 7) is 22.2. The lowest BCUT2D eigenvalue weighted by atomic mass is 9.33. The van der Waals surface area contributed by atoms with Gasteiger partial charge in [0.25, 0.3) is 0 Å². The quantitative estimate of drug-likeness (QED) is 0.258. The lowest BCUT2D eigenvalue weighted by Crippen LogP contribution is -2.66. The number of carbonyl (C=O) groups is 3. The first kappa shape index (κ1) is 38.8. The number of ketones is 1. The second-order valence-corrected chi connectivity index (χ2v) is 20.8. The average molecular weight is 730 g/mol. The maximum absolute atomic E-state index is 14.2. The number of carbonyl (C=O) groups excluding carboxylic acids is 2. The van der Waals surface area contributed by atoms with Crippen LogP contribution in [0.25, 0.3) is 0 Å². The molecule has 1 heterocycles. The first-order chi connectivity index (χ1) is 24.7. The smallest absolute Gasteiger partial charge is 0.309 e. The van der Waals surface area contributed by atoms with Crippen molar-refractivity contribution in [3.8, 4) is 0 Å². The Kier molecular flexibility index (Phi) is 9.53. The van der Waals surface area contributed by atoms with Crippen LogP contribution in [0.5, 0.6) is 0 Å². The van der Waals surface area contributed by atoms with Crippen LogP contribution in [-0.4, -0.2) is 58.1 Å². The van der Waals surface area contributed by atoms with Crippen LogP contribution in [-0.2, 0) is 32.1 Å². The van der Waals surface area contributed by atoms with Crippen LogP contribution < -0.4 is 0 Å². The zero-order valence-electron chi connectivity index (χ0n) is 34.1. The number of hydrogen-bond donors (Lipinski definition) is 2. The van der Waals surface area contributed by atoms with E-state index < -0.39 is 28.9 Å². The van der Waals surface area contributed by atoms with Crippen molar-refractivity contribution in [2.75, 3.05) is 13.1 Å². The second-order valence-electron chi connectivity index (χ2n) is 20.8. The number of allylic oxidation sites excluding steroid dienone is 1. The Balaban J connectivity index is 1.16. The SMILES string of the molecule is CC(C)C1=C2[C@H]3CC[C@@H]4[C@@]5(C)CC[C@H](OC(=O)CC(C)(C)C(=O)O)C(C)(C)C5CC[C@@]4(C)[C@]3(C)CCC2(C(O)CN2CCc3ccccc3C2)CC1=O. The van der Waals surface area contributed by atoms with E-state index in [9.17, 15) is 24.6 Å². The van der Waals surface area contributed by atoms with Gasteiger partial charge in [-0.05, 0) is 128 Å². The predicted octanol–water partition coefficient (Wildman–Crippen LogP) is 8.80. The van der Waals surface area contributed by atoms with Crippen LogP contribution in [0.3, 0.4) is 0 Å². The van der Waals surface area contributed by atoms with Gasteiger partial charge in [-0.15, -0.1) is 0 Å². The minimum Gasteiger partial charge on any atom is -0.481 e. The summed E-state index contributed by atoms with van der Waals surface area (Å²) < 4.78 is 6.18. The maximum Gasteiger partial charge on any atom is 0.309 e. The van der Waals surface area contributed by atoms with E-state index in [1.165, 1.54) is 16.7 Å². The Bertz CT molecular complexity index is 1690. The van der Waals surface area contributed by atoms with Crippen molar-refractivity contribution in [3.05, 3.63) is 46.5 Å². The van der Waals surface area contributed by atoms with Crippen molar-refractivity contribution < 1.29 is 29.3 Å². The number of β-amino-alcohol motifs (C(OH)–C–C–N with tert-alkyl or cyclic N) is 1. The molecule has 4 saturated carbocycles. The molecule has 0 spiro atoms. The highest BCUT2D eigenvalue weighted by Gasteiger charge is 2.71. The molecule has 0 bridgehead atoms. The number of fused-ring (bicyclic) bond motifs is 8. The summed E-state index contributed by atoms with van der Waals surface area (Å²) >= 11 is 0. The summed E-state index contributed by atoms with van der Waals surface area (Å²) in [7, 11) is 0. The monoisotopic (exact) mass is 729 g/mol. The van der Waals surface area contributed by atoms with E-state index in [0.717, 1.165) is 76.5 Å². The van der Waals surface area contributed by atoms with E-state index in [-0.39, 0.29) is 51.8 Å². The lowest BCUT2D eigenvalue weighted by molar-refractivity contribution is -0.235. The normalized spacial score (nSPS) is 38.7. The molecule has 53 heavy (non-hydrogen) atoms. The molecule has 292 valence electrons. The highest BCUT2D eigenvalue weighted by molar-refractivity contribution is 6.00. The number of ether oxygens (including phenoxy) is 1. The van der Waals surface area contributed by atoms with Crippen molar-refractivity contribution >= 4 is 17.7 Å². The summed E-state index contributed by atoms with van der Waals surface area (Å²) in [6, 6.07) is 8.68. The minimum atomic E-state index is -1.16. The molecule has 1 aliphatic heterocycles. The number of carboxylic acids is 1. The standard InChI is InChI=1S/C46H67NO6/c1-28(2)38-32(48)24-46(35(49)27-47-23-18-29-12-10-11-13-30(29)26-47)22-21-44(8)31(39(38)46)14-15-34-43(7)19-17-36(53-37(50)25-41(3,4)40(51)52)42(5,6)33(43)16-20-45(34,44)9/h10-13,28,31,33-36,49H,14-27H2,1-9H3,(H,51,52)/t31-,33?,34-,35?,36+,43+,44-,45-,46?/m1/s1. The predicted molar refractivity (Wildman–Crippen MR) is 207 cm³/mol. The Morgan fingerprint density at radius 2 is 1.62 bits per heavy atom. The van der Waals surface area contributed by atoms with Crippen LogP contribution in [0, 0.1) is 56.2 Å². The fraction of sp³-hybridized carbons (Fsp3) is 0.761. The molecule has 0 saturated heterocycles. The average Bonchev–Trinajstić information content (AvgIpc) is 3.39. The highest BCUT2D eigenvalue weighted by atomic mass is 16.5. The van der Waals surface area contributed by atoms with E-state index >= 15 is 0 Å². The molecular formula is C46H67NO6. The van der Waals surface area contributed by atoms with Gasteiger partial charge < -0.3 is 14.9 Å². The molecule has 0 aromatic heterocycles. The largest absolute Gasteiger partial charge is 0.481 e. The van der Waals surface area contributed by atoms with Gasteiger partial charge >= 0.3 is 11.9 Å². The summed E-state index contributed by atoms with van der Waals surface area (Å²) in [5.74, 6) is 0.169. The fourth-order valence-corrected chi connectivity index (χ4v) is 14.0. The third-order valence-corrected chi connectivity index (χ3v) is 17.1. The van der Waals surface area contributed by atoms with Crippen LogP contribution in [0.2, 0.25) is 0 Å².